The first-order chi connectivity index (χ1) is 11.1. The van der Waals surface area contributed by atoms with Crippen LogP contribution in [0.5, 0.6) is 0 Å². The first kappa shape index (κ1) is 14.4. The molecule has 0 fully saturated rings. The predicted octanol–water partition coefficient (Wildman–Crippen LogP) is 2.16. The Morgan fingerprint density at radius 3 is 2.65 bits per heavy atom. The summed E-state index contributed by atoms with van der Waals surface area (Å²) in [6.07, 6.45) is 1.77. The summed E-state index contributed by atoms with van der Waals surface area (Å²) in [6.45, 7) is 0.184. The summed E-state index contributed by atoms with van der Waals surface area (Å²) >= 11 is 0. The van der Waals surface area contributed by atoms with E-state index in [0.29, 0.717) is 11.5 Å². The molecule has 0 aliphatic heterocycles. The first-order valence-corrected chi connectivity index (χ1v) is 6.51. The molecule has 0 amide bonds. The molecule has 2 aromatic heterocycles. The van der Waals surface area contributed by atoms with Crippen LogP contribution in [-0.4, -0.2) is 24.4 Å². The van der Waals surface area contributed by atoms with Crippen LogP contribution < -0.4 is 5.32 Å². The number of pyridine rings is 1. The highest BCUT2D eigenvalue weighted by Gasteiger charge is 2.19. The van der Waals surface area contributed by atoms with Gasteiger partial charge >= 0.3 is 0 Å². The van der Waals surface area contributed by atoms with Crippen LogP contribution in [0, 0.1) is 20.2 Å². The Balaban J connectivity index is 1.88. The van der Waals surface area contributed by atoms with Gasteiger partial charge < -0.3 is 5.32 Å². The lowest BCUT2D eigenvalue weighted by atomic mass is 10.2. The van der Waals surface area contributed by atoms with Crippen molar-refractivity contribution >= 4 is 22.7 Å². The fraction of sp³-hybridized carbons (Fsp3) is 0.0769. The molecule has 3 aromatic rings. The number of non-ortho nitro benzene ring substituents is 1. The first-order valence-electron chi connectivity index (χ1n) is 6.51. The number of hydrogen-bond acceptors (Lipinski definition) is 7. The number of anilines is 1. The zero-order valence-electron chi connectivity index (χ0n) is 11.6. The number of nitro benzene ring substituents is 2. The maximum atomic E-state index is 11.1. The Hall–Kier alpha value is -3.56. The van der Waals surface area contributed by atoms with E-state index in [1.807, 2.05) is 12.1 Å². The van der Waals surface area contributed by atoms with Crippen LogP contribution in [0.3, 0.4) is 0 Å². The van der Waals surface area contributed by atoms with Crippen molar-refractivity contribution in [3.63, 3.8) is 0 Å². The topological polar surface area (TPSA) is 128 Å². The lowest BCUT2D eigenvalue weighted by molar-refractivity contribution is -0.393. The van der Waals surface area contributed by atoms with Gasteiger partial charge in [-0.05, 0) is 18.2 Å². The molecule has 0 radical (unpaired) electrons. The Kier molecular flexibility index (Phi) is 3.55. The molecule has 10 heteroatoms. The normalized spacial score (nSPS) is 10.6. The molecule has 2 heterocycles. The fourth-order valence-corrected chi connectivity index (χ4v) is 2.12. The van der Waals surface area contributed by atoms with Gasteiger partial charge in [-0.1, -0.05) is 6.07 Å². The minimum absolute atomic E-state index is 0.174. The second-order valence-electron chi connectivity index (χ2n) is 4.61. The summed E-state index contributed by atoms with van der Waals surface area (Å²) in [4.78, 5) is 20.5. The van der Waals surface area contributed by atoms with E-state index in [-0.39, 0.29) is 23.6 Å². The Bertz CT molecular complexity index is 906. The van der Waals surface area contributed by atoms with Crippen LogP contribution in [0.25, 0.3) is 5.65 Å². The highest BCUT2D eigenvalue weighted by molar-refractivity contribution is 5.65. The van der Waals surface area contributed by atoms with E-state index < -0.39 is 9.85 Å². The third kappa shape index (κ3) is 2.77. The van der Waals surface area contributed by atoms with Crippen LogP contribution in [0.15, 0.2) is 42.6 Å². The van der Waals surface area contributed by atoms with E-state index in [1.54, 1.807) is 16.7 Å². The summed E-state index contributed by atoms with van der Waals surface area (Å²) in [5, 5.41) is 32.6. The zero-order chi connectivity index (χ0) is 16.4. The van der Waals surface area contributed by atoms with E-state index in [0.717, 1.165) is 6.07 Å². The van der Waals surface area contributed by atoms with E-state index >= 15 is 0 Å². The van der Waals surface area contributed by atoms with Gasteiger partial charge in [0.15, 0.2) is 11.5 Å². The van der Waals surface area contributed by atoms with Crippen LogP contribution in [0.2, 0.25) is 0 Å². The maximum Gasteiger partial charge on any atom is 0.299 e. The van der Waals surface area contributed by atoms with Gasteiger partial charge in [-0.2, -0.15) is 0 Å². The van der Waals surface area contributed by atoms with E-state index in [9.17, 15) is 20.2 Å². The largest absolute Gasteiger partial charge is 0.372 e. The highest BCUT2D eigenvalue weighted by Crippen LogP contribution is 2.29. The molecule has 10 nitrogen and oxygen atoms in total. The monoisotopic (exact) mass is 314 g/mol. The van der Waals surface area contributed by atoms with Gasteiger partial charge in [0.05, 0.1) is 22.5 Å². The molecule has 0 saturated carbocycles. The van der Waals surface area contributed by atoms with E-state index in [1.165, 1.54) is 12.1 Å². The van der Waals surface area contributed by atoms with Crippen LogP contribution >= 0.6 is 0 Å². The molecule has 3 rings (SSSR count). The summed E-state index contributed by atoms with van der Waals surface area (Å²) in [6, 6.07) is 8.85. The molecule has 0 spiro atoms. The van der Waals surface area contributed by atoms with E-state index in [2.05, 4.69) is 15.5 Å². The van der Waals surface area contributed by atoms with Crippen molar-refractivity contribution < 1.29 is 9.85 Å². The lowest BCUT2D eigenvalue weighted by Gasteiger charge is -2.06. The lowest BCUT2D eigenvalue weighted by Crippen LogP contribution is -2.06. The van der Waals surface area contributed by atoms with Crippen molar-refractivity contribution in [2.24, 2.45) is 0 Å². The fourth-order valence-electron chi connectivity index (χ4n) is 2.12. The molecule has 116 valence electrons. The quantitative estimate of drug-likeness (QED) is 0.564. The molecule has 23 heavy (non-hydrogen) atoms. The van der Waals surface area contributed by atoms with Gasteiger partial charge in [0, 0.05) is 12.3 Å². The van der Waals surface area contributed by atoms with Gasteiger partial charge in [-0.3, -0.25) is 24.6 Å². The summed E-state index contributed by atoms with van der Waals surface area (Å²) in [7, 11) is 0. The minimum atomic E-state index is -0.678. The van der Waals surface area contributed by atoms with Crippen LogP contribution in [-0.2, 0) is 6.54 Å². The van der Waals surface area contributed by atoms with Crippen LogP contribution in [0.4, 0.5) is 17.1 Å². The summed E-state index contributed by atoms with van der Waals surface area (Å²) in [5.74, 6) is 0.563. The van der Waals surface area contributed by atoms with Crippen LogP contribution in [0.1, 0.15) is 5.82 Å². The average molecular weight is 314 g/mol. The molecular weight excluding hydrogens is 304 g/mol. The van der Waals surface area contributed by atoms with Gasteiger partial charge in [-0.25, -0.2) is 0 Å². The number of fused-ring (bicyclic) bond motifs is 1. The molecule has 0 unspecified atom stereocenters. The van der Waals surface area contributed by atoms with Crippen molar-refractivity contribution in [3.8, 4) is 0 Å². The molecule has 1 N–H and O–H groups in total. The Morgan fingerprint density at radius 1 is 1.09 bits per heavy atom. The number of aromatic nitrogens is 3. The number of rotatable bonds is 5. The van der Waals surface area contributed by atoms with Gasteiger partial charge in [-0.15, -0.1) is 10.2 Å². The SMILES string of the molecule is O=[N+]([O-])c1ccc(NCc2nnc3ccccn23)c([N+](=O)[O-])c1. The zero-order valence-corrected chi connectivity index (χ0v) is 11.6. The molecule has 0 atom stereocenters. The third-order valence-electron chi connectivity index (χ3n) is 3.21. The summed E-state index contributed by atoms with van der Waals surface area (Å²) in [5.41, 5.74) is 0.124. The van der Waals surface area contributed by atoms with Crippen molar-refractivity contribution in [2.45, 2.75) is 6.54 Å². The smallest absolute Gasteiger partial charge is 0.299 e. The maximum absolute atomic E-state index is 11.1. The predicted molar refractivity (Wildman–Crippen MR) is 80.1 cm³/mol. The number of nitro groups is 2. The van der Waals surface area contributed by atoms with Crippen molar-refractivity contribution in [3.05, 3.63) is 68.6 Å². The second kappa shape index (κ2) is 5.67. The number of nitrogens with one attached hydrogen (secondary N) is 1. The molecule has 0 aliphatic carbocycles. The molecule has 0 saturated heterocycles. The number of nitrogens with zero attached hydrogens (tertiary/aromatic N) is 5. The molecular formula is C13H10N6O4. The van der Waals surface area contributed by atoms with Crippen molar-refractivity contribution in [2.75, 3.05) is 5.32 Å². The number of hydrogen-bond donors (Lipinski definition) is 1. The van der Waals surface area contributed by atoms with Gasteiger partial charge in [0.1, 0.15) is 5.69 Å². The molecule has 1 aromatic carbocycles. The highest BCUT2D eigenvalue weighted by atomic mass is 16.6. The van der Waals surface area contributed by atoms with E-state index in [4.69, 9.17) is 0 Å². The second-order valence-corrected chi connectivity index (χ2v) is 4.61. The Morgan fingerprint density at radius 2 is 1.91 bits per heavy atom. The van der Waals surface area contributed by atoms with Crippen molar-refractivity contribution in [1.82, 2.24) is 14.6 Å². The third-order valence-corrected chi connectivity index (χ3v) is 3.21. The average Bonchev–Trinajstić information content (AvgIpc) is 2.95. The Labute approximate surface area is 128 Å². The standard InChI is InChI=1S/C13H10N6O4/c20-18(21)9-4-5-10(11(7-9)19(22)23)14-8-13-16-15-12-3-1-2-6-17(12)13/h1-7,14H,8H2. The van der Waals surface area contributed by atoms with Crippen molar-refractivity contribution in [1.29, 1.82) is 0 Å². The molecule has 0 bridgehead atoms. The summed E-state index contributed by atoms with van der Waals surface area (Å²) < 4.78 is 1.74. The molecule has 0 aliphatic rings. The number of benzene rings is 1. The minimum Gasteiger partial charge on any atom is -0.372 e. The van der Waals surface area contributed by atoms with Gasteiger partial charge in [0.25, 0.3) is 11.4 Å². The van der Waals surface area contributed by atoms with Gasteiger partial charge in [0.2, 0.25) is 0 Å².